The lowest BCUT2D eigenvalue weighted by atomic mass is 10.1. The molecule has 4 N–H and O–H groups in total. The highest BCUT2D eigenvalue weighted by molar-refractivity contribution is 5.99. The second-order valence-electron chi connectivity index (χ2n) is 9.20. The van der Waals surface area contributed by atoms with Gasteiger partial charge in [0.1, 0.15) is 22.2 Å². The molecule has 2 heterocycles. The zero-order valence-electron chi connectivity index (χ0n) is 23.0. The first kappa shape index (κ1) is 31.1. The summed E-state index contributed by atoms with van der Waals surface area (Å²) in [6.45, 7) is 4.96. The number of aromatic nitrogens is 2. The van der Waals surface area contributed by atoms with Gasteiger partial charge in [0.25, 0.3) is 23.2 Å². The number of H-pyrrole nitrogens is 2. The summed E-state index contributed by atoms with van der Waals surface area (Å²) in [6, 6.07) is 8.38. The monoisotopic (exact) mass is 578 g/mol. The predicted molar refractivity (Wildman–Crippen MR) is 157 cm³/mol. The Labute approximate surface area is 238 Å². The number of amides is 2. The Morgan fingerprint density at radius 2 is 1.10 bits per heavy atom. The number of fused-ring (bicyclic) bond motifs is 2. The predicted octanol–water partition coefficient (Wildman–Crippen LogP) is 3.93. The summed E-state index contributed by atoms with van der Waals surface area (Å²) >= 11 is 0. The van der Waals surface area contributed by atoms with E-state index in [1.165, 1.54) is 48.8 Å². The third kappa shape index (κ3) is 7.02. The fourth-order valence-electron chi connectivity index (χ4n) is 4.06. The Morgan fingerprint density at radius 3 is 1.43 bits per heavy atom. The first-order chi connectivity index (χ1) is 20.1. The number of carbonyl (C=O) groups excluding carboxylic acids is 2. The topological polar surface area (TPSA) is 210 Å². The number of aromatic amines is 2. The van der Waals surface area contributed by atoms with Gasteiger partial charge in [0.05, 0.1) is 20.6 Å². The van der Waals surface area contributed by atoms with Gasteiger partial charge in [-0.05, 0) is 25.0 Å². The van der Waals surface area contributed by atoms with Crippen molar-refractivity contribution in [2.45, 2.75) is 39.5 Å². The van der Waals surface area contributed by atoms with Crippen LogP contribution in [0.2, 0.25) is 0 Å². The van der Waals surface area contributed by atoms with E-state index in [9.17, 15) is 39.4 Å². The molecular weight excluding hydrogens is 548 g/mol. The van der Waals surface area contributed by atoms with E-state index in [-0.39, 0.29) is 44.3 Å². The first-order valence-corrected chi connectivity index (χ1v) is 13.3. The molecule has 2 aromatic heterocycles. The number of nitro benzene ring substituents is 2. The Kier molecular flexibility index (Phi) is 10.6. The third-order valence-electron chi connectivity index (χ3n) is 6.30. The molecule has 0 atom stereocenters. The van der Waals surface area contributed by atoms with Crippen molar-refractivity contribution in [1.29, 1.82) is 0 Å². The maximum atomic E-state index is 12.3. The van der Waals surface area contributed by atoms with Crippen molar-refractivity contribution in [1.82, 2.24) is 20.6 Å². The molecule has 0 aliphatic carbocycles. The van der Waals surface area contributed by atoms with E-state index in [0.29, 0.717) is 13.1 Å². The molecule has 14 nitrogen and oxygen atoms in total. The number of para-hydroxylation sites is 2. The standard InChI is InChI=1S/2C14H15N3O4/c2*1-2-3-7-15-14(19)10-8-16-12-9(13(10)18)5-4-6-11(12)17(20)21/h2*4-6,8H,2-3,7H2,1H3,(H,15,19)(H,16,18). The number of benzene rings is 2. The molecule has 0 saturated heterocycles. The van der Waals surface area contributed by atoms with Crippen molar-refractivity contribution in [3.63, 3.8) is 0 Å². The third-order valence-corrected chi connectivity index (χ3v) is 6.30. The average Bonchev–Trinajstić information content (AvgIpc) is 2.97. The van der Waals surface area contributed by atoms with Gasteiger partial charge in [-0.1, -0.05) is 38.8 Å². The zero-order chi connectivity index (χ0) is 30.8. The van der Waals surface area contributed by atoms with Crippen LogP contribution in [0.1, 0.15) is 60.2 Å². The van der Waals surface area contributed by atoms with Gasteiger partial charge in [0, 0.05) is 37.6 Å². The highest BCUT2D eigenvalue weighted by Crippen LogP contribution is 2.22. The SMILES string of the molecule is CCCCNC(=O)c1c[nH]c2c([N+](=O)[O-])cccc2c1=O.CCCCNC(=O)c1c[nH]c2c([N+](=O)[O-])cccc2c1=O. The molecule has 0 aliphatic rings. The van der Waals surface area contributed by atoms with E-state index in [4.69, 9.17) is 0 Å². The van der Waals surface area contributed by atoms with Crippen molar-refractivity contribution < 1.29 is 19.4 Å². The van der Waals surface area contributed by atoms with Crippen LogP contribution in [-0.2, 0) is 0 Å². The number of carbonyl (C=O) groups is 2. The molecule has 0 spiro atoms. The number of hydrogen-bond donors (Lipinski definition) is 4. The van der Waals surface area contributed by atoms with E-state index < -0.39 is 32.5 Å². The van der Waals surface area contributed by atoms with Crippen molar-refractivity contribution in [2.75, 3.05) is 13.1 Å². The van der Waals surface area contributed by atoms with Crippen LogP contribution in [0.4, 0.5) is 11.4 Å². The molecule has 0 fully saturated rings. The van der Waals surface area contributed by atoms with Gasteiger partial charge in [-0.25, -0.2) is 0 Å². The van der Waals surface area contributed by atoms with Gasteiger partial charge >= 0.3 is 0 Å². The number of nitrogens with zero attached hydrogens (tertiary/aromatic N) is 2. The van der Waals surface area contributed by atoms with Crippen LogP contribution >= 0.6 is 0 Å². The molecule has 0 saturated carbocycles. The Morgan fingerprint density at radius 1 is 0.714 bits per heavy atom. The van der Waals surface area contributed by atoms with Gasteiger partial charge < -0.3 is 20.6 Å². The normalized spacial score (nSPS) is 10.5. The summed E-state index contributed by atoms with van der Waals surface area (Å²) < 4.78 is 0. The molecule has 0 bridgehead atoms. The van der Waals surface area contributed by atoms with Crippen LogP contribution in [0.3, 0.4) is 0 Å². The number of unbranched alkanes of at least 4 members (excludes halogenated alkanes) is 2. The van der Waals surface area contributed by atoms with Crippen LogP contribution in [0.25, 0.3) is 21.8 Å². The Hall–Kier alpha value is -5.40. The average molecular weight is 579 g/mol. The Balaban J connectivity index is 0.000000230. The van der Waals surface area contributed by atoms with Crippen molar-refractivity contribution in [2.24, 2.45) is 0 Å². The lowest BCUT2D eigenvalue weighted by molar-refractivity contribution is -0.383. The van der Waals surface area contributed by atoms with Gasteiger partial charge in [0.15, 0.2) is 0 Å². The summed E-state index contributed by atoms with van der Waals surface area (Å²) in [6.07, 6.45) is 5.95. The summed E-state index contributed by atoms with van der Waals surface area (Å²) in [5.41, 5.74) is -1.25. The van der Waals surface area contributed by atoms with Crippen LogP contribution in [0.15, 0.2) is 58.4 Å². The molecule has 4 rings (SSSR count). The molecule has 220 valence electrons. The molecule has 42 heavy (non-hydrogen) atoms. The van der Waals surface area contributed by atoms with Gasteiger partial charge in [0.2, 0.25) is 10.9 Å². The number of nitro groups is 2. The fourth-order valence-corrected chi connectivity index (χ4v) is 4.06. The lowest BCUT2D eigenvalue weighted by Gasteiger charge is -2.05. The summed E-state index contributed by atoms with van der Waals surface area (Å²) in [4.78, 5) is 74.5. The number of nitrogens with one attached hydrogen (secondary N) is 4. The molecule has 0 aliphatic heterocycles. The zero-order valence-corrected chi connectivity index (χ0v) is 23.0. The molecule has 2 amide bonds. The summed E-state index contributed by atoms with van der Waals surface area (Å²) in [7, 11) is 0. The second kappa shape index (κ2) is 14.3. The first-order valence-electron chi connectivity index (χ1n) is 13.3. The lowest BCUT2D eigenvalue weighted by Crippen LogP contribution is -2.29. The summed E-state index contributed by atoms with van der Waals surface area (Å²) in [5.74, 6) is -0.948. The number of non-ortho nitro benzene ring substituents is 2. The maximum absolute atomic E-state index is 12.3. The van der Waals surface area contributed by atoms with Gasteiger partial charge in [-0.15, -0.1) is 0 Å². The van der Waals surface area contributed by atoms with E-state index in [1.807, 2.05) is 13.8 Å². The minimum atomic E-state index is -0.570. The van der Waals surface area contributed by atoms with E-state index in [1.54, 1.807) is 0 Å². The van der Waals surface area contributed by atoms with E-state index >= 15 is 0 Å². The molecule has 4 aromatic rings. The van der Waals surface area contributed by atoms with Crippen molar-refractivity contribution >= 4 is 45.0 Å². The minimum Gasteiger partial charge on any atom is -0.355 e. The maximum Gasteiger partial charge on any atom is 0.293 e. The number of pyridine rings is 2. The summed E-state index contributed by atoms with van der Waals surface area (Å²) in [5, 5.41) is 27.4. The van der Waals surface area contributed by atoms with Gasteiger partial charge in [-0.2, -0.15) is 0 Å². The minimum absolute atomic E-state index is 0.0425. The van der Waals surface area contributed by atoms with E-state index in [0.717, 1.165) is 25.7 Å². The highest BCUT2D eigenvalue weighted by Gasteiger charge is 2.19. The van der Waals surface area contributed by atoms with Gasteiger partial charge in [-0.3, -0.25) is 39.4 Å². The van der Waals surface area contributed by atoms with E-state index in [2.05, 4.69) is 20.6 Å². The smallest absolute Gasteiger partial charge is 0.293 e. The number of hydrogen-bond acceptors (Lipinski definition) is 8. The second-order valence-corrected chi connectivity index (χ2v) is 9.20. The van der Waals surface area contributed by atoms with Crippen molar-refractivity contribution in [3.05, 3.63) is 101 Å². The molecule has 0 radical (unpaired) electrons. The van der Waals surface area contributed by atoms with Crippen LogP contribution in [-0.4, -0.2) is 44.7 Å². The highest BCUT2D eigenvalue weighted by atomic mass is 16.6. The van der Waals surface area contributed by atoms with Crippen LogP contribution < -0.4 is 21.5 Å². The molecular formula is C28H30N6O8. The fraction of sp³-hybridized carbons (Fsp3) is 0.286. The number of rotatable bonds is 10. The van der Waals surface area contributed by atoms with Crippen LogP contribution in [0.5, 0.6) is 0 Å². The Bertz CT molecular complexity index is 1630. The van der Waals surface area contributed by atoms with Crippen molar-refractivity contribution in [3.8, 4) is 0 Å². The quantitative estimate of drug-likeness (QED) is 0.123. The largest absolute Gasteiger partial charge is 0.355 e. The molecule has 14 heteroatoms. The van der Waals surface area contributed by atoms with Crippen LogP contribution in [0, 0.1) is 20.2 Å². The molecule has 0 unspecified atom stereocenters. The molecule has 2 aromatic carbocycles.